The molecule has 1 aromatic heterocycles. The van der Waals surface area contributed by atoms with Crippen LogP contribution in [0, 0.1) is 5.92 Å². The SMILES string of the molecule is Cl.Cl.NC(C(=O)N1CCC(Cn2cccn2)CC1)c1ccccc1. The molecule has 1 saturated heterocycles. The van der Waals surface area contributed by atoms with Crippen molar-refractivity contribution in [2.45, 2.75) is 25.4 Å². The largest absolute Gasteiger partial charge is 0.341 e. The predicted octanol–water partition coefficient (Wildman–Crippen LogP) is 2.67. The van der Waals surface area contributed by atoms with Crippen molar-refractivity contribution >= 4 is 30.7 Å². The number of hydrogen-bond acceptors (Lipinski definition) is 3. The number of piperidine rings is 1. The van der Waals surface area contributed by atoms with Crippen LogP contribution >= 0.6 is 24.8 Å². The second-order valence-corrected chi connectivity index (χ2v) is 5.89. The van der Waals surface area contributed by atoms with E-state index < -0.39 is 6.04 Å². The molecule has 2 N–H and O–H groups in total. The van der Waals surface area contributed by atoms with E-state index in [1.165, 1.54) is 0 Å². The number of halogens is 2. The second kappa shape index (κ2) is 9.67. The molecule has 3 rings (SSSR count). The Bertz CT molecular complexity index is 598. The van der Waals surface area contributed by atoms with E-state index in [1.54, 1.807) is 6.20 Å². The molecule has 1 aromatic carbocycles. The molecule has 1 aliphatic rings. The van der Waals surface area contributed by atoms with Crippen LogP contribution in [0.25, 0.3) is 0 Å². The minimum absolute atomic E-state index is 0. The maximum absolute atomic E-state index is 12.5. The van der Waals surface area contributed by atoms with Crippen LogP contribution in [0.2, 0.25) is 0 Å². The first kappa shape index (κ1) is 20.5. The summed E-state index contributed by atoms with van der Waals surface area (Å²) in [6, 6.07) is 11.0. The van der Waals surface area contributed by atoms with Crippen molar-refractivity contribution in [1.82, 2.24) is 14.7 Å². The van der Waals surface area contributed by atoms with Gasteiger partial charge in [0.15, 0.2) is 0 Å². The van der Waals surface area contributed by atoms with Gasteiger partial charge in [-0.1, -0.05) is 30.3 Å². The average molecular weight is 371 g/mol. The van der Waals surface area contributed by atoms with Crippen molar-refractivity contribution in [2.75, 3.05) is 13.1 Å². The number of likely N-dealkylation sites (tertiary alicyclic amines) is 1. The van der Waals surface area contributed by atoms with Gasteiger partial charge in [0.1, 0.15) is 6.04 Å². The van der Waals surface area contributed by atoms with Gasteiger partial charge in [-0.15, -0.1) is 24.8 Å². The van der Waals surface area contributed by atoms with Crippen molar-refractivity contribution in [1.29, 1.82) is 0 Å². The zero-order valence-corrected chi connectivity index (χ0v) is 15.1. The van der Waals surface area contributed by atoms with Crippen LogP contribution in [0.3, 0.4) is 0 Å². The highest BCUT2D eigenvalue weighted by molar-refractivity contribution is 5.85. The molecule has 0 radical (unpaired) electrons. The summed E-state index contributed by atoms with van der Waals surface area (Å²) in [5.74, 6) is 0.612. The van der Waals surface area contributed by atoms with Crippen LogP contribution in [0.15, 0.2) is 48.8 Å². The van der Waals surface area contributed by atoms with Crippen LogP contribution in [-0.4, -0.2) is 33.7 Å². The number of amides is 1. The zero-order valence-electron chi connectivity index (χ0n) is 13.5. The van der Waals surface area contributed by atoms with E-state index in [4.69, 9.17) is 5.73 Å². The summed E-state index contributed by atoms with van der Waals surface area (Å²) in [7, 11) is 0. The van der Waals surface area contributed by atoms with Gasteiger partial charge >= 0.3 is 0 Å². The summed E-state index contributed by atoms with van der Waals surface area (Å²) in [5, 5.41) is 4.25. The first-order valence-corrected chi connectivity index (χ1v) is 7.81. The summed E-state index contributed by atoms with van der Waals surface area (Å²) >= 11 is 0. The molecule has 0 spiro atoms. The summed E-state index contributed by atoms with van der Waals surface area (Å²) in [4.78, 5) is 14.4. The molecule has 5 nitrogen and oxygen atoms in total. The molecule has 1 aliphatic heterocycles. The highest BCUT2D eigenvalue weighted by atomic mass is 35.5. The van der Waals surface area contributed by atoms with Crippen molar-refractivity contribution in [3.63, 3.8) is 0 Å². The van der Waals surface area contributed by atoms with E-state index in [0.717, 1.165) is 38.0 Å². The normalized spacial score (nSPS) is 16.0. The van der Waals surface area contributed by atoms with E-state index >= 15 is 0 Å². The number of aromatic nitrogens is 2. The number of nitrogens with zero attached hydrogens (tertiary/aromatic N) is 3. The monoisotopic (exact) mass is 370 g/mol. The molecular formula is C17H24Cl2N4O. The van der Waals surface area contributed by atoms with Crippen LogP contribution in [0.5, 0.6) is 0 Å². The fraction of sp³-hybridized carbons (Fsp3) is 0.412. The Balaban J connectivity index is 0.00000144. The number of nitrogens with two attached hydrogens (primary N) is 1. The topological polar surface area (TPSA) is 64.2 Å². The molecule has 0 saturated carbocycles. The fourth-order valence-electron chi connectivity index (χ4n) is 3.01. The van der Waals surface area contributed by atoms with Gasteiger partial charge in [0.2, 0.25) is 5.91 Å². The van der Waals surface area contributed by atoms with Gasteiger partial charge in [-0.2, -0.15) is 5.10 Å². The molecular weight excluding hydrogens is 347 g/mol. The fourth-order valence-corrected chi connectivity index (χ4v) is 3.01. The van der Waals surface area contributed by atoms with Gasteiger partial charge in [-0.3, -0.25) is 9.48 Å². The molecule has 0 aliphatic carbocycles. The summed E-state index contributed by atoms with van der Waals surface area (Å²) in [5.41, 5.74) is 6.99. The Morgan fingerprint density at radius 2 is 1.83 bits per heavy atom. The van der Waals surface area contributed by atoms with E-state index in [-0.39, 0.29) is 30.7 Å². The van der Waals surface area contributed by atoms with Gasteiger partial charge in [0.05, 0.1) is 0 Å². The van der Waals surface area contributed by atoms with Crippen molar-refractivity contribution < 1.29 is 4.79 Å². The lowest BCUT2D eigenvalue weighted by Gasteiger charge is -2.33. The van der Waals surface area contributed by atoms with Crippen molar-refractivity contribution in [3.8, 4) is 0 Å². The molecule has 1 unspecified atom stereocenters. The molecule has 1 fully saturated rings. The van der Waals surface area contributed by atoms with Crippen LogP contribution in [0.4, 0.5) is 0 Å². The molecule has 24 heavy (non-hydrogen) atoms. The third-order valence-corrected chi connectivity index (χ3v) is 4.36. The quantitative estimate of drug-likeness (QED) is 0.899. The number of rotatable bonds is 4. The van der Waals surface area contributed by atoms with E-state index in [0.29, 0.717) is 5.92 Å². The molecule has 0 bridgehead atoms. The minimum atomic E-state index is -0.552. The molecule has 1 amide bonds. The Labute approximate surface area is 155 Å². The predicted molar refractivity (Wildman–Crippen MR) is 99.4 cm³/mol. The Morgan fingerprint density at radius 1 is 1.17 bits per heavy atom. The van der Waals surface area contributed by atoms with Gasteiger partial charge < -0.3 is 10.6 Å². The zero-order chi connectivity index (χ0) is 15.4. The molecule has 1 atom stereocenters. The number of carbonyl (C=O) groups excluding carboxylic acids is 1. The maximum atomic E-state index is 12.5. The van der Waals surface area contributed by atoms with Gasteiger partial charge in [0, 0.05) is 32.0 Å². The Morgan fingerprint density at radius 3 is 2.42 bits per heavy atom. The Kier molecular flexibility index (Phi) is 8.25. The molecule has 2 heterocycles. The number of hydrogen-bond donors (Lipinski definition) is 1. The van der Waals surface area contributed by atoms with E-state index in [1.807, 2.05) is 52.2 Å². The summed E-state index contributed by atoms with van der Waals surface area (Å²) < 4.78 is 1.97. The molecule has 132 valence electrons. The minimum Gasteiger partial charge on any atom is -0.341 e. The van der Waals surface area contributed by atoms with Crippen molar-refractivity contribution in [2.24, 2.45) is 11.7 Å². The lowest BCUT2D eigenvalue weighted by molar-refractivity contribution is -0.134. The van der Waals surface area contributed by atoms with E-state index in [2.05, 4.69) is 5.10 Å². The van der Waals surface area contributed by atoms with Gasteiger partial charge in [0.25, 0.3) is 0 Å². The standard InChI is InChI=1S/C17H22N4O.2ClH/c18-16(15-5-2-1-3-6-15)17(22)20-11-7-14(8-12-20)13-21-10-4-9-19-21;;/h1-6,9-10,14,16H,7-8,11-13,18H2;2*1H. The Hall–Kier alpha value is -1.56. The van der Waals surface area contributed by atoms with Crippen LogP contribution in [0.1, 0.15) is 24.4 Å². The third kappa shape index (κ3) is 4.97. The lowest BCUT2D eigenvalue weighted by Crippen LogP contribution is -2.43. The third-order valence-electron chi connectivity index (χ3n) is 4.36. The number of benzene rings is 1. The highest BCUT2D eigenvalue weighted by Gasteiger charge is 2.27. The smallest absolute Gasteiger partial charge is 0.244 e. The lowest BCUT2D eigenvalue weighted by atomic mass is 9.95. The second-order valence-electron chi connectivity index (χ2n) is 5.89. The first-order chi connectivity index (χ1) is 10.7. The molecule has 7 heteroatoms. The molecule has 2 aromatic rings. The van der Waals surface area contributed by atoms with Crippen molar-refractivity contribution in [3.05, 3.63) is 54.4 Å². The first-order valence-electron chi connectivity index (χ1n) is 7.81. The average Bonchev–Trinajstić information content (AvgIpc) is 3.08. The van der Waals surface area contributed by atoms with E-state index in [9.17, 15) is 4.79 Å². The summed E-state index contributed by atoms with van der Waals surface area (Å²) in [6.07, 6.45) is 5.81. The van der Waals surface area contributed by atoms with Gasteiger partial charge in [-0.25, -0.2) is 0 Å². The number of carbonyl (C=O) groups is 1. The summed E-state index contributed by atoms with van der Waals surface area (Å²) in [6.45, 7) is 2.50. The maximum Gasteiger partial charge on any atom is 0.244 e. The van der Waals surface area contributed by atoms with Crippen LogP contribution in [-0.2, 0) is 11.3 Å². The van der Waals surface area contributed by atoms with Gasteiger partial charge in [-0.05, 0) is 30.4 Å². The van der Waals surface area contributed by atoms with Crippen LogP contribution < -0.4 is 5.73 Å². The highest BCUT2D eigenvalue weighted by Crippen LogP contribution is 2.21.